The second-order valence-corrected chi connectivity index (χ2v) is 4.17. The average Bonchev–Trinajstić information content (AvgIpc) is 2.62. The average molecular weight is 182 g/mol. The lowest BCUT2D eigenvalue weighted by Crippen LogP contribution is -2.14. The quantitative estimate of drug-likeness (QED) is 0.707. The van der Waals surface area contributed by atoms with Crippen molar-refractivity contribution in [3.8, 4) is 0 Å². The molecule has 2 rings (SSSR count). The van der Waals surface area contributed by atoms with E-state index in [9.17, 15) is 0 Å². The molecule has 0 aromatic heterocycles. The molecule has 0 radical (unpaired) electrons. The molecule has 0 amide bonds. The topological polar surface area (TPSA) is 26.0 Å². The molecule has 64 valence electrons. The van der Waals surface area contributed by atoms with Gasteiger partial charge in [0.2, 0.25) is 0 Å². The standard InChI is InChI=1S/C10H12ClN/c1-10(6-9(10)12)7-2-4-8(11)5-3-7/h2-5,9H,6,12H2,1H3/t9-,10?/m1/s1. The number of halogens is 1. The van der Waals surface area contributed by atoms with Crippen molar-refractivity contribution in [1.82, 2.24) is 0 Å². The smallest absolute Gasteiger partial charge is 0.0406 e. The van der Waals surface area contributed by atoms with Crippen LogP contribution in [-0.2, 0) is 5.41 Å². The Hall–Kier alpha value is -0.530. The Bertz CT molecular complexity index is 293. The maximum Gasteiger partial charge on any atom is 0.0406 e. The van der Waals surface area contributed by atoms with Gasteiger partial charge in [-0.05, 0) is 24.1 Å². The Morgan fingerprint density at radius 2 is 1.92 bits per heavy atom. The molecule has 0 heterocycles. The van der Waals surface area contributed by atoms with E-state index in [-0.39, 0.29) is 5.41 Å². The second kappa shape index (κ2) is 2.48. The van der Waals surface area contributed by atoms with E-state index in [1.807, 2.05) is 12.1 Å². The molecule has 1 aromatic rings. The Labute approximate surface area is 77.5 Å². The number of rotatable bonds is 1. The van der Waals surface area contributed by atoms with Crippen LogP contribution in [-0.4, -0.2) is 6.04 Å². The first kappa shape index (κ1) is 8.09. The summed E-state index contributed by atoms with van der Waals surface area (Å²) in [6.07, 6.45) is 1.09. The van der Waals surface area contributed by atoms with Gasteiger partial charge in [0, 0.05) is 16.5 Å². The fraction of sp³-hybridized carbons (Fsp3) is 0.400. The molecule has 1 saturated carbocycles. The zero-order valence-corrected chi connectivity index (χ0v) is 7.81. The fourth-order valence-corrected chi connectivity index (χ4v) is 1.69. The molecule has 1 aliphatic rings. The second-order valence-electron chi connectivity index (χ2n) is 3.73. The maximum atomic E-state index is 5.84. The molecule has 1 fully saturated rings. The Morgan fingerprint density at radius 1 is 1.42 bits per heavy atom. The van der Waals surface area contributed by atoms with Gasteiger partial charge in [0.25, 0.3) is 0 Å². The van der Waals surface area contributed by atoms with Crippen LogP contribution in [0.25, 0.3) is 0 Å². The highest BCUT2D eigenvalue weighted by Gasteiger charge is 2.48. The SMILES string of the molecule is CC1(c2ccc(Cl)cc2)C[C@H]1N. The normalized spacial score (nSPS) is 33.4. The lowest BCUT2D eigenvalue weighted by Gasteiger charge is -2.09. The van der Waals surface area contributed by atoms with Crippen molar-refractivity contribution >= 4 is 11.6 Å². The summed E-state index contributed by atoms with van der Waals surface area (Å²) in [5, 5.41) is 0.788. The highest BCUT2D eigenvalue weighted by molar-refractivity contribution is 6.30. The van der Waals surface area contributed by atoms with Crippen molar-refractivity contribution in [3.63, 3.8) is 0 Å². The van der Waals surface area contributed by atoms with E-state index in [1.54, 1.807) is 0 Å². The van der Waals surface area contributed by atoms with Crippen molar-refractivity contribution in [2.45, 2.75) is 24.8 Å². The van der Waals surface area contributed by atoms with Crippen molar-refractivity contribution in [2.75, 3.05) is 0 Å². The van der Waals surface area contributed by atoms with E-state index in [4.69, 9.17) is 17.3 Å². The van der Waals surface area contributed by atoms with E-state index < -0.39 is 0 Å². The van der Waals surface area contributed by atoms with Gasteiger partial charge >= 0.3 is 0 Å². The number of nitrogens with two attached hydrogens (primary N) is 1. The largest absolute Gasteiger partial charge is 0.327 e. The van der Waals surface area contributed by atoms with E-state index in [0.717, 1.165) is 11.4 Å². The molecule has 12 heavy (non-hydrogen) atoms. The molecule has 1 aromatic carbocycles. The third kappa shape index (κ3) is 1.13. The predicted octanol–water partition coefficient (Wildman–Crippen LogP) is 2.33. The Morgan fingerprint density at radius 3 is 2.33 bits per heavy atom. The first-order valence-electron chi connectivity index (χ1n) is 4.14. The van der Waals surface area contributed by atoms with Crippen LogP contribution in [0.5, 0.6) is 0 Å². The monoisotopic (exact) mass is 181 g/mol. The summed E-state index contributed by atoms with van der Waals surface area (Å²) in [4.78, 5) is 0. The van der Waals surface area contributed by atoms with Crippen LogP contribution < -0.4 is 5.73 Å². The molecule has 0 spiro atoms. The van der Waals surface area contributed by atoms with Crippen molar-refractivity contribution in [1.29, 1.82) is 0 Å². The molecule has 1 unspecified atom stereocenters. The van der Waals surface area contributed by atoms with E-state index >= 15 is 0 Å². The van der Waals surface area contributed by atoms with Gasteiger partial charge in [0.15, 0.2) is 0 Å². The molecule has 0 bridgehead atoms. The zero-order chi connectivity index (χ0) is 8.77. The minimum atomic E-state index is 0.213. The van der Waals surface area contributed by atoms with Gasteiger partial charge in [-0.3, -0.25) is 0 Å². The van der Waals surface area contributed by atoms with Gasteiger partial charge in [-0.15, -0.1) is 0 Å². The Kier molecular flexibility index (Phi) is 1.67. The summed E-state index contributed by atoms with van der Waals surface area (Å²) in [7, 11) is 0. The summed E-state index contributed by atoms with van der Waals surface area (Å²) < 4.78 is 0. The van der Waals surface area contributed by atoms with Gasteiger partial charge < -0.3 is 5.73 Å². The highest BCUT2D eigenvalue weighted by Crippen LogP contribution is 2.46. The molecule has 2 N–H and O–H groups in total. The lowest BCUT2D eigenvalue weighted by molar-refractivity contribution is 0.741. The first-order chi connectivity index (χ1) is 5.63. The highest BCUT2D eigenvalue weighted by atomic mass is 35.5. The van der Waals surface area contributed by atoms with Crippen LogP contribution in [0, 0.1) is 0 Å². The van der Waals surface area contributed by atoms with E-state index in [0.29, 0.717) is 6.04 Å². The number of benzene rings is 1. The predicted molar refractivity (Wildman–Crippen MR) is 51.4 cm³/mol. The lowest BCUT2D eigenvalue weighted by atomic mass is 9.98. The van der Waals surface area contributed by atoms with Gasteiger partial charge in [-0.25, -0.2) is 0 Å². The summed E-state index contributed by atoms with van der Waals surface area (Å²) in [6.45, 7) is 2.20. The van der Waals surface area contributed by atoms with Gasteiger partial charge in [0.1, 0.15) is 0 Å². The van der Waals surface area contributed by atoms with Gasteiger partial charge in [0.05, 0.1) is 0 Å². The van der Waals surface area contributed by atoms with Crippen molar-refractivity contribution < 1.29 is 0 Å². The molecule has 0 saturated heterocycles. The first-order valence-corrected chi connectivity index (χ1v) is 4.52. The molecule has 2 atom stereocenters. The number of hydrogen-bond donors (Lipinski definition) is 1. The van der Waals surface area contributed by atoms with Crippen molar-refractivity contribution in [2.24, 2.45) is 5.73 Å². The molecular weight excluding hydrogens is 170 g/mol. The summed E-state index contributed by atoms with van der Waals surface area (Å²) in [5.41, 5.74) is 7.36. The zero-order valence-electron chi connectivity index (χ0n) is 7.05. The van der Waals surface area contributed by atoms with Gasteiger partial charge in [-0.1, -0.05) is 30.7 Å². The van der Waals surface area contributed by atoms with E-state index in [2.05, 4.69) is 19.1 Å². The summed E-state index contributed by atoms with van der Waals surface area (Å²) in [6, 6.07) is 8.31. The van der Waals surface area contributed by atoms with Crippen LogP contribution in [0.4, 0.5) is 0 Å². The summed E-state index contributed by atoms with van der Waals surface area (Å²) in [5.74, 6) is 0. The van der Waals surface area contributed by atoms with Crippen LogP contribution in [0.1, 0.15) is 18.9 Å². The minimum absolute atomic E-state index is 0.213. The van der Waals surface area contributed by atoms with Crippen LogP contribution >= 0.6 is 11.6 Å². The third-order valence-corrected chi connectivity index (χ3v) is 3.06. The van der Waals surface area contributed by atoms with Crippen molar-refractivity contribution in [3.05, 3.63) is 34.9 Å². The fourth-order valence-electron chi connectivity index (χ4n) is 1.56. The maximum absolute atomic E-state index is 5.84. The van der Waals surface area contributed by atoms with Crippen LogP contribution in [0.3, 0.4) is 0 Å². The Balaban J connectivity index is 2.31. The molecule has 1 nitrogen and oxygen atoms in total. The van der Waals surface area contributed by atoms with Gasteiger partial charge in [-0.2, -0.15) is 0 Å². The molecule has 0 aliphatic heterocycles. The molecular formula is C10H12ClN. The minimum Gasteiger partial charge on any atom is -0.327 e. The van der Waals surface area contributed by atoms with E-state index in [1.165, 1.54) is 5.56 Å². The number of hydrogen-bond acceptors (Lipinski definition) is 1. The molecule has 1 aliphatic carbocycles. The summed E-state index contributed by atoms with van der Waals surface area (Å²) >= 11 is 5.79. The van der Waals surface area contributed by atoms with Crippen LogP contribution in [0.15, 0.2) is 24.3 Å². The third-order valence-electron chi connectivity index (χ3n) is 2.81. The molecule has 2 heteroatoms. The van der Waals surface area contributed by atoms with Crippen LogP contribution in [0.2, 0.25) is 5.02 Å².